The molecule has 1 aliphatic rings. The number of piperidine rings is 1. The van der Waals surface area contributed by atoms with Crippen LogP contribution in [0, 0.1) is 5.92 Å². The van der Waals surface area contributed by atoms with E-state index in [0.29, 0.717) is 12.6 Å². The molecule has 2 heterocycles. The van der Waals surface area contributed by atoms with Gasteiger partial charge in [0.1, 0.15) is 0 Å². The lowest BCUT2D eigenvalue weighted by Gasteiger charge is -2.36. The monoisotopic (exact) mass is 311 g/mol. The van der Waals surface area contributed by atoms with E-state index in [9.17, 15) is 0 Å². The largest absolute Gasteiger partial charge is 0.378 e. The summed E-state index contributed by atoms with van der Waals surface area (Å²) >= 11 is 1.83. The van der Waals surface area contributed by atoms with Gasteiger partial charge in [-0.3, -0.25) is 0 Å². The van der Waals surface area contributed by atoms with Crippen LogP contribution >= 0.6 is 11.3 Å². The number of thiazole rings is 1. The van der Waals surface area contributed by atoms with Crippen LogP contribution in [0.15, 0.2) is 0 Å². The van der Waals surface area contributed by atoms with Gasteiger partial charge in [0.2, 0.25) is 0 Å². The first-order chi connectivity index (χ1) is 10.2. The summed E-state index contributed by atoms with van der Waals surface area (Å²) in [4.78, 5) is 8.68. The number of aromatic nitrogens is 1. The van der Waals surface area contributed by atoms with Gasteiger partial charge >= 0.3 is 0 Å². The summed E-state index contributed by atoms with van der Waals surface area (Å²) in [5.41, 5.74) is 1.10. The maximum absolute atomic E-state index is 5.32. The highest BCUT2D eigenvalue weighted by Crippen LogP contribution is 2.32. The van der Waals surface area contributed by atoms with Crippen LogP contribution in [-0.2, 0) is 17.9 Å². The number of nitrogens with zero attached hydrogens (tertiary/aromatic N) is 2. The molecule has 0 saturated carbocycles. The highest BCUT2D eigenvalue weighted by Gasteiger charge is 2.26. The van der Waals surface area contributed by atoms with Crippen molar-refractivity contribution in [2.45, 2.75) is 59.2 Å². The fraction of sp³-hybridized carbons (Fsp3) is 0.812. The molecule has 1 fully saturated rings. The van der Waals surface area contributed by atoms with E-state index in [-0.39, 0.29) is 0 Å². The van der Waals surface area contributed by atoms with Crippen molar-refractivity contribution in [1.29, 1.82) is 0 Å². The average Bonchev–Trinajstić information content (AvgIpc) is 2.85. The zero-order valence-electron chi connectivity index (χ0n) is 13.8. The van der Waals surface area contributed by atoms with E-state index >= 15 is 0 Å². The maximum Gasteiger partial charge on any atom is 0.186 e. The standard InChI is InChI=1S/C16H29N3OS/c1-5-8-17-9-15-14(11-20-4)18-16(21-15)19-10-12(2)6-7-13(19)3/h12-13,17H,5-11H2,1-4H3. The molecule has 1 aromatic heterocycles. The Bertz CT molecular complexity index is 435. The molecule has 120 valence electrons. The van der Waals surface area contributed by atoms with Crippen molar-refractivity contribution in [3.8, 4) is 0 Å². The summed E-state index contributed by atoms with van der Waals surface area (Å²) in [6.07, 6.45) is 3.76. The highest BCUT2D eigenvalue weighted by atomic mass is 32.1. The molecule has 2 unspecified atom stereocenters. The third kappa shape index (κ3) is 4.41. The van der Waals surface area contributed by atoms with Gasteiger partial charge in [0.15, 0.2) is 5.13 Å². The molecule has 1 aliphatic heterocycles. The zero-order valence-corrected chi connectivity index (χ0v) is 14.6. The van der Waals surface area contributed by atoms with Gasteiger partial charge in [-0.1, -0.05) is 13.8 Å². The first-order valence-electron chi connectivity index (χ1n) is 8.10. The fourth-order valence-electron chi connectivity index (χ4n) is 2.81. The van der Waals surface area contributed by atoms with Gasteiger partial charge in [-0.2, -0.15) is 0 Å². The van der Waals surface area contributed by atoms with Gasteiger partial charge in [-0.15, -0.1) is 11.3 Å². The molecule has 1 N–H and O–H groups in total. The molecular weight excluding hydrogens is 282 g/mol. The van der Waals surface area contributed by atoms with Crippen LogP contribution in [-0.4, -0.2) is 31.2 Å². The number of ether oxygens (including phenoxy) is 1. The highest BCUT2D eigenvalue weighted by molar-refractivity contribution is 7.15. The van der Waals surface area contributed by atoms with Crippen molar-refractivity contribution in [2.24, 2.45) is 5.92 Å². The van der Waals surface area contributed by atoms with Gasteiger partial charge in [0.05, 0.1) is 12.3 Å². The summed E-state index contributed by atoms with van der Waals surface area (Å²) in [5, 5.41) is 4.66. The molecule has 4 nitrogen and oxygen atoms in total. The summed E-state index contributed by atoms with van der Waals surface area (Å²) in [7, 11) is 1.74. The SMILES string of the molecule is CCCNCc1sc(N2CC(C)CCC2C)nc1COC. The molecule has 1 aromatic rings. The Labute approximate surface area is 132 Å². The van der Waals surface area contributed by atoms with Gasteiger partial charge in [0.25, 0.3) is 0 Å². The second kappa shape index (κ2) is 8.11. The molecule has 0 spiro atoms. The van der Waals surface area contributed by atoms with Gasteiger partial charge in [-0.05, 0) is 38.6 Å². The van der Waals surface area contributed by atoms with Crippen molar-refractivity contribution in [1.82, 2.24) is 10.3 Å². The van der Waals surface area contributed by atoms with E-state index in [1.165, 1.54) is 22.9 Å². The number of hydrogen-bond donors (Lipinski definition) is 1. The first kappa shape index (κ1) is 16.7. The number of rotatable bonds is 7. The van der Waals surface area contributed by atoms with E-state index in [4.69, 9.17) is 9.72 Å². The Morgan fingerprint density at radius 1 is 1.38 bits per heavy atom. The number of methoxy groups -OCH3 is 1. The molecule has 0 aliphatic carbocycles. The molecule has 2 rings (SSSR count). The minimum absolute atomic E-state index is 0.596. The molecule has 0 aromatic carbocycles. The summed E-state index contributed by atoms with van der Waals surface area (Å²) < 4.78 is 5.32. The minimum Gasteiger partial charge on any atom is -0.378 e. The lowest BCUT2D eigenvalue weighted by molar-refractivity contribution is 0.181. The van der Waals surface area contributed by atoms with Gasteiger partial charge < -0.3 is 15.0 Å². The van der Waals surface area contributed by atoms with Crippen molar-refractivity contribution in [2.75, 3.05) is 25.1 Å². The molecular formula is C16H29N3OS. The second-order valence-corrected chi connectivity index (χ2v) is 7.22. The quantitative estimate of drug-likeness (QED) is 0.783. The van der Waals surface area contributed by atoms with Crippen molar-refractivity contribution in [3.63, 3.8) is 0 Å². The third-order valence-corrected chi connectivity index (χ3v) is 5.26. The number of hydrogen-bond acceptors (Lipinski definition) is 5. The van der Waals surface area contributed by atoms with Crippen LogP contribution in [0.1, 0.15) is 50.6 Å². The van der Waals surface area contributed by atoms with E-state index in [1.54, 1.807) is 7.11 Å². The molecule has 21 heavy (non-hydrogen) atoms. The first-order valence-corrected chi connectivity index (χ1v) is 8.92. The Balaban J connectivity index is 2.13. The maximum atomic E-state index is 5.32. The smallest absolute Gasteiger partial charge is 0.186 e. The molecule has 0 amide bonds. The average molecular weight is 311 g/mol. The Hall–Kier alpha value is -0.650. The normalized spacial score (nSPS) is 22.8. The summed E-state index contributed by atoms with van der Waals surface area (Å²) in [6, 6.07) is 0.596. The van der Waals surface area contributed by atoms with Crippen molar-refractivity contribution < 1.29 is 4.74 Å². The van der Waals surface area contributed by atoms with Crippen LogP contribution in [0.25, 0.3) is 0 Å². The molecule has 0 bridgehead atoms. The predicted octanol–water partition coefficient (Wildman–Crippen LogP) is 3.41. The summed E-state index contributed by atoms with van der Waals surface area (Å²) in [5.74, 6) is 0.762. The molecule has 1 saturated heterocycles. The van der Waals surface area contributed by atoms with Crippen LogP contribution < -0.4 is 10.2 Å². The van der Waals surface area contributed by atoms with E-state index in [2.05, 4.69) is 31.0 Å². The molecule has 5 heteroatoms. The lowest BCUT2D eigenvalue weighted by Crippen LogP contribution is -2.41. The predicted molar refractivity (Wildman–Crippen MR) is 90.0 cm³/mol. The Kier molecular flexibility index (Phi) is 6.45. The third-order valence-electron chi connectivity index (χ3n) is 4.12. The minimum atomic E-state index is 0.596. The summed E-state index contributed by atoms with van der Waals surface area (Å²) in [6.45, 7) is 10.5. The van der Waals surface area contributed by atoms with Crippen molar-refractivity contribution >= 4 is 16.5 Å². The van der Waals surface area contributed by atoms with Crippen LogP contribution in [0.5, 0.6) is 0 Å². The number of nitrogens with one attached hydrogen (secondary N) is 1. The lowest BCUT2D eigenvalue weighted by atomic mass is 9.96. The topological polar surface area (TPSA) is 37.4 Å². The Morgan fingerprint density at radius 2 is 2.19 bits per heavy atom. The van der Waals surface area contributed by atoms with Gasteiger partial charge in [0, 0.05) is 31.1 Å². The zero-order chi connectivity index (χ0) is 15.2. The fourth-order valence-corrected chi connectivity index (χ4v) is 3.96. The van der Waals surface area contributed by atoms with Crippen LogP contribution in [0.2, 0.25) is 0 Å². The second-order valence-electron chi connectivity index (χ2n) is 6.16. The number of anilines is 1. The molecule has 0 radical (unpaired) electrons. The van der Waals surface area contributed by atoms with Gasteiger partial charge in [-0.25, -0.2) is 4.98 Å². The molecule has 2 atom stereocenters. The van der Waals surface area contributed by atoms with Crippen LogP contribution in [0.4, 0.5) is 5.13 Å². The van der Waals surface area contributed by atoms with E-state index < -0.39 is 0 Å². The van der Waals surface area contributed by atoms with Crippen LogP contribution in [0.3, 0.4) is 0 Å². The van der Waals surface area contributed by atoms with E-state index in [1.807, 2.05) is 11.3 Å². The van der Waals surface area contributed by atoms with E-state index in [0.717, 1.165) is 37.7 Å². The Morgan fingerprint density at radius 3 is 2.90 bits per heavy atom. The van der Waals surface area contributed by atoms with Crippen molar-refractivity contribution in [3.05, 3.63) is 10.6 Å².